The fourth-order valence-corrected chi connectivity index (χ4v) is 3.27. The average Bonchev–Trinajstić information content (AvgIpc) is 2.66. The third kappa shape index (κ3) is 4.79. The number of guanidine groups is 1. The fourth-order valence-electron chi connectivity index (χ4n) is 3.27. The minimum absolute atomic E-state index is 0.128. The molecule has 0 saturated heterocycles. The molecule has 0 saturated carbocycles. The molecule has 1 unspecified atom stereocenters. The van der Waals surface area contributed by atoms with E-state index in [-0.39, 0.29) is 11.6 Å². The molecule has 2 aromatic rings. The fraction of sp³-hybridized carbons (Fsp3) is 0.364. The number of hydrogen-bond donors (Lipinski definition) is 2. The van der Waals surface area contributed by atoms with E-state index in [0.717, 1.165) is 35.8 Å². The van der Waals surface area contributed by atoms with E-state index in [1.807, 2.05) is 42.5 Å². The van der Waals surface area contributed by atoms with Crippen molar-refractivity contribution in [1.29, 1.82) is 5.26 Å². The average molecular weight is 362 g/mol. The molecule has 1 atom stereocenters. The van der Waals surface area contributed by atoms with Crippen molar-refractivity contribution in [2.24, 2.45) is 4.99 Å². The van der Waals surface area contributed by atoms with Crippen LogP contribution in [0.25, 0.3) is 0 Å². The van der Waals surface area contributed by atoms with Crippen LogP contribution in [0.4, 0.5) is 0 Å². The molecule has 140 valence electrons. The molecule has 1 heterocycles. The maximum Gasteiger partial charge on any atom is 0.192 e. The van der Waals surface area contributed by atoms with Gasteiger partial charge in [-0.1, -0.05) is 30.3 Å². The molecule has 1 aliphatic rings. The van der Waals surface area contributed by atoms with Crippen LogP contribution in [0.2, 0.25) is 0 Å². The van der Waals surface area contributed by atoms with E-state index >= 15 is 0 Å². The molecule has 5 heteroatoms. The van der Waals surface area contributed by atoms with Gasteiger partial charge in [0.05, 0.1) is 24.2 Å². The first kappa shape index (κ1) is 18.8. The second-order valence-corrected chi connectivity index (χ2v) is 7.30. The van der Waals surface area contributed by atoms with Crippen molar-refractivity contribution in [2.45, 2.75) is 45.4 Å². The lowest BCUT2D eigenvalue weighted by molar-refractivity contribution is 0.0694. The van der Waals surface area contributed by atoms with Gasteiger partial charge in [-0.15, -0.1) is 0 Å². The zero-order valence-electron chi connectivity index (χ0n) is 16.1. The van der Waals surface area contributed by atoms with Gasteiger partial charge in [-0.3, -0.25) is 0 Å². The van der Waals surface area contributed by atoms with Gasteiger partial charge in [0.2, 0.25) is 0 Å². The Hall–Kier alpha value is -3.00. The van der Waals surface area contributed by atoms with Crippen molar-refractivity contribution in [1.82, 2.24) is 10.6 Å². The Kier molecular flexibility index (Phi) is 5.66. The molecule has 0 fully saturated rings. The Balaban J connectivity index is 1.78. The SMILES string of the molecule is CCNC(=NCc1ccc(C#N)cc1)NC1CC(C)(C)Oc2ccccc21. The monoisotopic (exact) mass is 362 g/mol. The third-order valence-electron chi connectivity index (χ3n) is 4.53. The van der Waals surface area contributed by atoms with E-state index in [1.54, 1.807) is 0 Å². The number of ether oxygens (including phenoxy) is 1. The number of nitrogens with zero attached hydrogens (tertiary/aromatic N) is 2. The molecule has 2 N–H and O–H groups in total. The molecule has 5 nitrogen and oxygen atoms in total. The molecule has 27 heavy (non-hydrogen) atoms. The number of nitrogens with one attached hydrogen (secondary N) is 2. The van der Waals surface area contributed by atoms with E-state index in [2.05, 4.69) is 43.5 Å². The molecular weight excluding hydrogens is 336 g/mol. The summed E-state index contributed by atoms with van der Waals surface area (Å²) in [5, 5.41) is 15.8. The van der Waals surface area contributed by atoms with E-state index in [4.69, 9.17) is 15.0 Å². The zero-order valence-corrected chi connectivity index (χ0v) is 16.1. The van der Waals surface area contributed by atoms with Gasteiger partial charge in [0.25, 0.3) is 0 Å². The predicted octanol–water partition coefficient (Wildman–Crippen LogP) is 3.92. The van der Waals surface area contributed by atoms with Crippen molar-refractivity contribution in [3.63, 3.8) is 0 Å². The number of fused-ring (bicyclic) bond motifs is 1. The molecule has 0 amide bonds. The Bertz CT molecular complexity index is 849. The van der Waals surface area contributed by atoms with E-state index in [0.29, 0.717) is 12.1 Å². The summed E-state index contributed by atoms with van der Waals surface area (Å²) in [6.45, 7) is 7.61. The summed E-state index contributed by atoms with van der Waals surface area (Å²) in [6, 6.07) is 18.0. The quantitative estimate of drug-likeness (QED) is 0.639. The van der Waals surface area contributed by atoms with Gasteiger partial charge >= 0.3 is 0 Å². The molecular formula is C22H26N4O. The van der Waals surface area contributed by atoms with Gasteiger partial charge < -0.3 is 15.4 Å². The number of para-hydroxylation sites is 1. The summed E-state index contributed by atoms with van der Waals surface area (Å²) in [4.78, 5) is 4.72. The van der Waals surface area contributed by atoms with Crippen molar-refractivity contribution in [3.8, 4) is 11.8 Å². The van der Waals surface area contributed by atoms with Crippen LogP contribution < -0.4 is 15.4 Å². The van der Waals surface area contributed by atoms with Crippen LogP contribution >= 0.6 is 0 Å². The van der Waals surface area contributed by atoms with Gasteiger partial charge in [-0.2, -0.15) is 5.26 Å². The smallest absolute Gasteiger partial charge is 0.192 e. The standard InChI is InChI=1S/C22H26N4O/c1-4-24-21(25-15-17-11-9-16(14-23)10-12-17)26-19-13-22(2,3)27-20-8-6-5-7-18(19)20/h5-12,19H,4,13,15H2,1-3H3,(H2,24,25,26). The van der Waals surface area contributed by atoms with Crippen molar-refractivity contribution < 1.29 is 4.74 Å². The summed E-state index contributed by atoms with van der Waals surface area (Å²) in [5.74, 6) is 1.70. The van der Waals surface area contributed by atoms with E-state index in [9.17, 15) is 0 Å². The van der Waals surface area contributed by atoms with E-state index in [1.165, 1.54) is 0 Å². The number of aliphatic imine (C=N–C) groups is 1. The normalized spacial score (nSPS) is 18.0. The minimum atomic E-state index is -0.240. The van der Waals surface area contributed by atoms with Crippen LogP contribution in [0.1, 0.15) is 49.9 Å². The lowest BCUT2D eigenvalue weighted by Gasteiger charge is -2.38. The lowest BCUT2D eigenvalue weighted by atomic mass is 9.90. The van der Waals surface area contributed by atoms with Crippen LogP contribution in [-0.4, -0.2) is 18.1 Å². The number of benzene rings is 2. The molecule has 0 aromatic heterocycles. The van der Waals surface area contributed by atoms with Gasteiger partial charge in [-0.25, -0.2) is 4.99 Å². The lowest BCUT2D eigenvalue weighted by Crippen LogP contribution is -2.45. The van der Waals surface area contributed by atoms with Crippen LogP contribution in [0.5, 0.6) is 5.75 Å². The highest BCUT2D eigenvalue weighted by Crippen LogP contribution is 2.39. The molecule has 0 radical (unpaired) electrons. The topological polar surface area (TPSA) is 69.4 Å². The van der Waals surface area contributed by atoms with Crippen molar-refractivity contribution in [3.05, 3.63) is 65.2 Å². The third-order valence-corrected chi connectivity index (χ3v) is 4.53. The highest BCUT2D eigenvalue weighted by Gasteiger charge is 2.33. The predicted molar refractivity (Wildman–Crippen MR) is 108 cm³/mol. The number of rotatable bonds is 4. The van der Waals surface area contributed by atoms with Gasteiger partial charge in [0.1, 0.15) is 11.4 Å². The maximum atomic E-state index is 8.91. The number of hydrogen-bond acceptors (Lipinski definition) is 3. The van der Waals surface area contributed by atoms with Gasteiger partial charge in [-0.05, 0) is 44.5 Å². The van der Waals surface area contributed by atoms with Gasteiger partial charge in [0.15, 0.2) is 5.96 Å². The second-order valence-electron chi connectivity index (χ2n) is 7.30. The molecule has 1 aliphatic heterocycles. The Morgan fingerprint density at radius 2 is 1.96 bits per heavy atom. The first-order chi connectivity index (χ1) is 13.0. The molecule has 2 aromatic carbocycles. The molecule has 0 bridgehead atoms. The van der Waals surface area contributed by atoms with Crippen LogP contribution in [0.15, 0.2) is 53.5 Å². The van der Waals surface area contributed by atoms with Crippen LogP contribution in [-0.2, 0) is 6.54 Å². The number of nitriles is 1. The van der Waals surface area contributed by atoms with Crippen LogP contribution in [0.3, 0.4) is 0 Å². The summed E-state index contributed by atoms with van der Waals surface area (Å²) >= 11 is 0. The summed E-state index contributed by atoms with van der Waals surface area (Å²) in [5.41, 5.74) is 2.64. The van der Waals surface area contributed by atoms with Crippen LogP contribution in [0, 0.1) is 11.3 Å². The Morgan fingerprint density at radius 3 is 2.67 bits per heavy atom. The van der Waals surface area contributed by atoms with Gasteiger partial charge in [0, 0.05) is 18.5 Å². The highest BCUT2D eigenvalue weighted by molar-refractivity contribution is 5.80. The molecule has 0 aliphatic carbocycles. The highest BCUT2D eigenvalue weighted by atomic mass is 16.5. The maximum absolute atomic E-state index is 8.91. The molecule has 0 spiro atoms. The minimum Gasteiger partial charge on any atom is -0.487 e. The second kappa shape index (κ2) is 8.13. The Labute approximate surface area is 161 Å². The molecule has 3 rings (SSSR count). The van der Waals surface area contributed by atoms with Crippen molar-refractivity contribution in [2.75, 3.05) is 6.54 Å². The summed E-state index contributed by atoms with van der Waals surface area (Å²) < 4.78 is 6.12. The largest absolute Gasteiger partial charge is 0.487 e. The van der Waals surface area contributed by atoms with E-state index < -0.39 is 0 Å². The first-order valence-electron chi connectivity index (χ1n) is 9.32. The zero-order chi connectivity index (χ0) is 19.3. The Morgan fingerprint density at radius 1 is 1.22 bits per heavy atom. The van der Waals surface area contributed by atoms with Crippen molar-refractivity contribution >= 4 is 5.96 Å². The summed E-state index contributed by atoms with van der Waals surface area (Å²) in [7, 11) is 0. The first-order valence-corrected chi connectivity index (χ1v) is 9.32. The summed E-state index contributed by atoms with van der Waals surface area (Å²) in [6.07, 6.45) is 0.852.